The Morgan fingerprint density at radius 1 is 1.03 bits per heavy atom. The molecule has 1 amide bonds. The molecule has 6 nitrogen and oxygen atoms in total. The lowest BCUT2D eigenvalue weighted by atomic mass is 10.1. The van der Waals surface area contributed by atoms with E-state index < -0.39 is 0 Å². The molecule has 1 heterocycles. The number of carbonyl (C=O) groups excluding carboxylic acids is 1. The Morgan fingerprint density at radius 3 is 2.62 bits per heavy atom. The number of benzene rings is 3. The topological polar surface area (TPSA) is 91.8 Å². The third-order valence-electron chi connectivity index (χ3n) is 4.18. The van der Waals surface area contributed by atoms with Crippen LogP contribution in [-0.4, -0.2) is 16.0 Å². The van der Waals surface area contributed by atoms with Crippen molar-refractivity contribution in [3.05, 3.63) is 89.7 Å². The average Bonchev–Trinajstić information content (AvgIpc) is 3.24. The molecule has 0 bridgehead atoms. The summed E-state index contributed by atoms with van der Waals surface area (Å²) in [7, 11) is 0. The van der Waals surface area contributed by atoms with Crippen LogP contribution < -0.4 is 5.32 Å². The molecule has 0 aliphatic carbocycles. The molecule has 0 spiro atoms. The highest BCUT2D eigenvalue weighted by Gasteiger charge is 2.18. The first kappa shape index (κ1) is 18.1. The minimum atomic E-state index is -0.378. The number of carbonyl (C=O) groups is 1. The first-order chi connectivity index (χ1) is 14.1. The highest BCUT2D eigenvalue weighted by Crippen LogP contribution is 2.26. The van der Waals surface area contributed by atoms with Crippen molar-refractivity contribution in [2.75, 3.05) is 5.32 Å². The smallest absolute Gasteiger partial charge is 0.259 e. The number of rotatable bonds is 4. The van der Waals surface area contributed by atoms with E-state index in [1.54, 1.807) is 60.7 Å². The largest absolute Gasteiger partial charge is 0.334 e. The predicted molar refractivity (Wildman–Crippen MR) is 104 cm³/mol. The molecule has 0 aliphatic heterocycles. The van der Waals surface area contributed by atoms with Crippen LogP contribution in [0.25, 0.3) is 22.8 Å². The van der Waals surface area contributed by atoms with Crippen molar-refractivity contribution in [2.24, 2.45) is 0 Å². The van der Waals surface area contributed by atoms with Crippen molar-refractivity contribution < 1.29 is 13.7 Å². The third-order valence-corrected chi connectivity index (χ3v) is 4.18. The molecular formula is C22H13FN4O2. The number of aromatic nitrogens is 2. The van der Waals surface area contributed by atoms with Gasteiger partial charge < -0.3 is 9.84 Å². The molecule has 4 rings (SSSR count). The number of amides is 1. The van der Waals surface area contributed by atoms with Gasteiger partial charge in [0.05, 0.1) is 22.8 Å². The second-order valence-corrected chi connectivity index (χ2v) is 6.12. The number of halogens is 1. The van der Waals surface area contributed by atoms with Crippen LogP contribution in [0.3, 0.4) is 0 Å². The van der Waals surface area contributed by atoms with Gasteiger partial charge in [-0.2, -0.15) is 10.2 Å². The number of hydrogen-bond donors (Lipinski definition) is 1. The van der Waals surface area contributed by atoms with Gasteiger partial charge in [0, 0.05) is 11.3 Å². The van der Waals surface area contributed by atoms with Gasteiger partial charge in [-0.15, -0.1) is 0 Å². The van der Waals surface area contributed by atoms with Gasteiger partial charge in [0.25, 0.3) is 11.8 Å². The molecule has 0 saturated heterocycles. The summed E-state index contributed by atoms with van der Waals surface area (Å²) >= 11 is 0. The van der Waals surface area contributed by atoms with Crippen molar-refractivity contribution in [1.82, 2.24) is 10.1 Å². The quantitative estimate of drug-likeness (QED) is 0.552. The van der Waals surface area contributed by atoms with Gasteiger partial charge in [-0.05, 0) is 54.6 Å². The van der Waals surface area contributed by atoms with Crippen LogP contribution in [0.5, 0.6) is 0 Å². The van der Waals surface area contributed by atoms with E-state index in [1.807, 2.05) is 6.07 Å². The second-order valence-electron chi connectivity index (χ2n) is 6.12. The normalized spacial score (nSPS) is 10.3. The van der Waals surface area contributed by atoms with E-state index in [-0.39, 0.29) is 23.4 Å². The molecule has 1 N–H and O–H groups in total. The minimum absolute atomic E-state index is 0.167. The molecule has 29 heavy (non-hydrogen) atoms. The van der Waals surface area contributed by atoms with E-state index in [4.69, 9.17) is 9.78 Å². The lowest BCUT2D eigenvalue weighted by Crippen LogP contribution is -2.13. The molecule has 0 aliphatic rings. The van der Waals surface area contributed by atoms with Crippen LogP contribution in [0, 0.1) is 17.1 Å². The first-order valence-corrected chi connectivity index (χ1v) is 8.64. The summed E-state index contributed by atoms with van der Waals surface area (Å²) in [6.45, 7) is 0. The van der Waals surface area contributed by atoms with Crippen LogP contribution in [0.1, 0.15) is 15.9 Å². The van der Waals surface area contributed by atoms with Crippen LogP contribution in [-0.2, 0) is 0 Å². The van der Waals surface area contributed by atoms with E-state index >= 15 is 0 Å². The van der Waals surface area contributed by atoms with Gasteiger partial charge in [0.15, 0.2) is 0 Å². The molecule has 4 aromatic rings. The summed E-state index contributed by atoms with van der Waals surface area (Å²) in [6, 6.07) is 21.2. The van der Waals surface area contributed by atoms with Gasteiger partial charge in [-0.1, -0.05) is 23.4 Å². The van der Waals surface area contributed by atoms with E-state index in [0.29, 0.717) is 27.9 Å². The predicted octanol–water partition coefficient (Wildman–Crippen LogP) is 4.67. The zero-order valence-corrected chi connectivity index (χ0v) is 15.0. The monoisotopic (exact) mass is 384 g/mol. The molecule has 0 fully saturated rings. The average molecular weight is 384 g/mol. The van der Waals surface area contributed by atoms with E-state index in [0.717, 1.165) is 0 Å². The second kappa shape index (κ2) is 7.74. The van der Waals surface area contributed by atoms with Crippen molar-refractivity contribution in [2.45, 2.75) is 0 Å². The Morgan fingerprint density at radius 2 is 1.83 bits per heavy atom. The van der Waals surface area contributed by atoms with Gasteiger partial charge in [0.2, 0.25) is 5.82 Å². The van der Waals surface area contributed by atoms with Crippen molar-refractivity contribution in [3.63, 3.8) is 0 Å². The number of nitrogens with one attached hydrogen (secondary N) is 1. The third kappa shape index (κ3) is 3.87. The SMILES string of the molecule is N#Cc1cccc(NC(=O)c2ccccc2-c2nc(-c3ccc(F)cc3)no2)c1. The van der Waals surface area contributed by atoms with E-state index in [2.05, 4.69) is 15.5 Å². The number of nitrogens with zero attached hydrogens (tertiary/aromatic N) is 3. The maximum absolute atomic E-state index is 13.1. The molecule has 0 saturated carbocycles. The zero-order chi connectivity index (χ0) is 20.2. The Balaban J connectivity index is 1.64. The standard InChI is InChI=1S/C22H13FN4O2/c23-16-10-8-15(9-11-16)20-26-22(29-27-20)19-7-2-1-6-18(19)21(28)25-17-5-3-4-14(12-17)13-24/h1-12H,(H,25,28). The summed E-state index contributed by atoms with van der Waals surface area (Å²) in [5.41, 5.74) is 2.33. The highest BCUT2D eigenvalue weighted by molar-refractivity contribution is 6.08. The Hall–Kier alpha value is -4.31. The summed E-state index contributed by atoms with van der Waals surface area (Å²) in [6.07, 6.45) is 0. The lowest BCUT2D eigenvalue weighted by Gasteiger charge is -2.08. The molecule has 7 heteroatoms. The van der Waals surface area contributed by atoms with Gasteiger partial charge in [-0.25, -0.2) is 4.39 Å². The summed E-state index contributed by atoms with van der Waals surface area (Å²) < 4.78 is 18.4. The van der Waals surface area contributed by atoms with E-state index in [1.165, 1.54) is 12.1 Å². The Kier molecular flexibility index (Phi) is 4.82. The van der Waals surface area contributed by atoms with Crippen LogP contribution in [0.4, 0.5) is 10.1 Å². The van der Waals surface area contributed by atoms with Crippen molar-refractivity contribution in [1.29, 1.82) is 5.26 Å². The fourth-order valence-corrected chi connectivity index (χ4v) is 2.78. The summed E-state index contributed by atoms with van der Waals surface area (Å²) in [5, 5.41) is 15.7. The van der Waals surface area contributed by atoms with Crippen molar-refractivity contribution >= 4 is 11.6 Å². The van der Waals surface area contributed by atoms with E-state index in [9.17, 15) is 9.18 Å². The van der Waals surface area contributed by atoms with Crippen LogP contribution in [0.15, 0.2) is 77.3 Å². The molecule has 140 valence electrons. The highest BCUT2D eigenvalue weighted by atomic mass is 19.1. The number of hydrogen-bond acceptors (Lipinski definition) is 5. The molecular weight excluding hydrogens is 371 g/mol. The summed E-state index contributed by atoms with van der Waals surface area (Å²) in [4.78, 5) is 17.1. The molecule has 0 unspecified atom stereocenters. The molecule has 1 aromatic heterocycles. The van der Waals surface area contributed by atoms with Crippen LogP contribution >= 0.6 is 0 Å². The number of anilines is 1. The maximum atomic E-state index is 13.1. The lowest BCUT2D eigenvalue weighted by molar-refractivity contribution is 0.102. The first-order valence-electron chi connectivity index (χ1n) is 8.64. The number of nitriles is 1. The van der Waals surface area contributed by atoms with Crippen molar-refractivity contribution in [3.8, 4) is 28.9 Å². The zero-order valence-electron chi connectivity index (χ0n) is 15.0. The van der Waals surface area contributed by atoms with Gasteiger partial charge in [-0.3, -0.25) is 4.79 Å². The molecule has 0 radical (unpaired) electrons. The van der Waals surface area contributed by atoms with Crippen LogP contribution in [0.2, 0.25) is 0 Å². The Labute approximate surface area is 165 Å². The maximum Gasteiger partial charge on any atom is 0.259 e. The van der Waals surface area contributed by atoms with Gasteiger partial charge >= 0.3 is 0 Å². The molecule has 3 aromatic carbocycles. The fraction of sp³-hybridized carbons (Fsp3) is 0. The fourth-order valence-electron chi connectivity index (χ4n) is 2.78. The summed E-state index contributed by atoms with van der Waals surface area (Å²) in [5.74, 6) is -0.282. The Bertz CT molecular complexity index is 1230. The molecule has 0 atom stereocenters. The minimum Gasteiger partial charge on any atom is -0.334 e. The van der Waals surface area contributed by atoms with Gasteiger partial charge in [0.1, 0.15) is 5.82 Å².